The summed E-state index contributed by atoms with van der Waals surface area (Å²) >= 11 is 5.95. The number of halogens is 1. The maximum atomic E-state index is 12.6. The Morgan fingerprint density at radius 3 is 2.40 bits per heavy atom. The van der Waals surface area contributed by atoms with Gasteiger partial charge in [0.25, 0.3) is 0 Å². The monoisotopic (exact) mass is 308 g/mol. The van der Waals surface area contributed by atoms with Gasteiger partial charge in [0, 0.05) is 0 Å². The van der Waals surface area contributed by atoms with Gasteiger partial charge in [-0.3, -0.25) is 0 Å². The summed E-state index contributed by atoms with van der Waals surface area (Å²) in [6.45, 7) is 3.59. The van der Waals surface area contributed by atoms with Gasteiger partial charge >= 0.3 is 15.5 Å². The summed E-state index contributed by atoms with van der Waals surface area (Å²) < 4.78 is 26.4. The summed E-state index contributed by atoms with van der Waals surface area (Å²) in [5, 5.41) is 0.854. The van der Waals surface area contributed by atoms with E-state index >= 15 is 0 Å². The molecule has 2 aromatic rings. The minimum Gasteiger partial charge on any atom is -0.199 e. The molecule has 0 N–H and O–H groups in total. The molecular weight excluding hydrogens is 298 g/mol. The standard InChI is InChI=1S/C13H11ClN3O2S/c1-8-3-5-10(6-4-8)20(18,19)17-9(2)11-12(14)15-7-16-13(11)17/h3-7H,1-2H3/q+1. The van der Waals surface area contributed by atoms with Gasteiger partial charge in [0.2, 0.25) is 6.33 Å². The topological polar surface area (TPSA) is 62.9 Å². The predicted molar refractivity (Wildman–Crippen MR) is 75.0 cm³/mol. The van der Waals surface area contributed by atoms with Gasteiger partial charge in [-0.15, -0.1) is 3.98 Å². The van der Waals surface area contributed by atoms with E-state index in [2.05, 4.69) is 9.97 Å². The molecule has 1 aromatic carbocycles. The number of hydrogen-bond donors (Lipinski definition) is 0. The second-order valence-electron chi connectivity index (χ2n) is 4.53. The third-order valence-corrected chi connectivity index (χ3v) is 5.28. The highest BCUT2D eigenvalue weighted by Gasteiger charge is 2.35. The molecule has 7 heteroatoms. The third-order valence-electron chi connectivity index (χ3n) is 3.20. The molecule has 0 fully saturated rings. The number of fused-ring (bicyclic) bond motifs is 1. The van der Waals surface area contributed by atoms with E-state index in [9.17, 15) is 8.42 Å². The van der Waals surface area contributed by atoms with Gasteiger partial charge in [0.15, 0.2) is 10.4 Å². The summed E-state index contributed by atoms with van der Waals surface area (Å²) in [6.07, 6.45) is 1.26. The molecule has 0 aliphatic carbocycles. The number of rotatable bonds is 2. The van der Waals surface area contributed by atoms with Crippen LogP contribution in [-0.4, -0.2) is 18.4 Å². The van der Waals surface area contributed by atoms with Crippen molar-refractivity contribution in [3.63, 3.8) is 0 Å². The number of nitrogens with zero attached hydrogens (tertiary/aromatic N) is 3. The molecule has 0 spiro atoms. The molecule has 0 amide bonds. The Kier molecular flexibility index (Phi) is 2.88. The van der Waals surface area contributed by atoms with Gasteiger partial charge in [-0.25, -0.2) is 0 Å². The van der Waals surface area contributed by atoms with Crippen molar-refractivity contribution in [2.24, 2.45) is 0 Å². The molecular formula is C13H11ClN3O2S+. The number of benzene rings is 1. The largest absolute Gasteiger partial charge is 0.355 e. The lowest BCUT2D eigenvalue weighted by atomic mass is 10.2. The average Bonchev–Trinajstić information content (AvgIpc) is 2.37. The number of sulfonamides is 1. The van der Waals surface area contributed by atoms with Crippen molar-refractivity contribution < 1.29 is 8.42 Å². The van der Waals surface area contributed by atoms with Crippen molar-refractivity contribution in [1.29, 1.82) is 0 Å². The zero-order chi connectivity index (χ0) is 14.5. The van der Waals surface area contributed by atoms with Crippen molar-refractivity contribution in [1.82, 2.24) is 13.9 Å². The molecule has 1 aliphatic rings. The Morgan fingerprint density at radius 2 is 1.75 bits per heavy atom. The Labute approximate surface area is 120 Å². The van der Waals surface area contributed by atoms with Gasteiger partial charge in [-0.2, -0.15) is 13.4 Å². The number of aromatic nitrogens is 2. The predicted octanol–water partition coefficient (Wildman–Crippen LogP) is 0.460. The zero-order valence-corrected chi connectivity index (χ0v) is 12.4. The summed E-state index contributed by atoms with van der Waals surface area (Å²) in [6, 6.07) is 6.68. The summed E-state index contributed by atoms with van der Waals surface area (Å²) in [4.78, 5) is 8.08. The van der Waals surface area contributed by atoms with E-state index < -0.39 is 10.0 Å². The molecule has 20 heavy (non-hydrogen) atoms. The van der Waals surface area contributed by atoms with Crippen molar-refractivity contribution >= 4 is 27.3 Å². The maximum absolute atomic E-state index is 12.6. The molecule has 0 radical (unpaired) electrons. The maximum Gasteiger partial charge on any atom is 0.355 e. The van der Waals surface area contributed by atoms with Crippen LogP contribution in [0.25, 0.3) is 5.70 Å². The van der Waals surface area contributed by atoms with E-state index in [1.54, 1.807) is 31.2 Å². The normalized spacial score (nSPS) is 13.9. The molecule has 0 atom stereocenters. The highest BCUT2D eigenvalue weighted by molar-refractivity contribution is 7.90. The van der Waals surface area contributed by atoms with E-state index in [1.165, 1.54) is 10.3 Å². The lowest BCUT2D eigenvalue weighted by Gasteiger charge is -2.12. The molecule has 5 nitrogen and oxygen atoms in total. The molecule has 0 saturated carbocycles. The molecule has 0 bridgehead atoms. The van der Waals surface area contributed by atoms with Crippen LogP contribution >= 0.6 is 11.6 Å². The lowest BCUT2D eigenvalue weighted by molar-refractivity contribution is 0.578. The molecule has 0 saturated heterocycles. The first-order valence-corrected chi connectivity index (χ1v) is 7.71. The third kappa shape index (κ3) is 1.76. The van der Waals surface area contributed by atoms with E-state index in [0.29, 0.717) is 16.4 Å². The fourth-order valence-electron chi connectivity index (χ4n) is 2.14. The van der Waals surface area contributed by atoms with Crippen LogP contribution in [0, 0.1) is 6.92 Å². The van der Waals surface area contributed by atoms with Crippen LogP contribution in [0.1, 0.15) is 12.5 Å². The first-order valence-electron chi connectivity index (χ1n) is 5.89. The molecule has 1 aromatic heterocycles. The highest BCUT2D eigenvalue weighted by Crippen LogP contribution is 2.16. The van der Waals surface area contributed by atoms with Gasteiger partial charge < -0.3 is 0 Å². The molecule has 2 heterocycles. The van der Waals surface area contributed by atoms with Crippen molar-refractivity contribution in [2.75, 3.05) is 0 Å². The quantitative estimate of drug-likeness (QED) is 0.597. The molecule has 1 aliphatic heterocycles. The zero-order valence-electron chi connectivity index (χ0n) is 10.8. The van der Waals surface area contributed by atoms with Crippen LogP contribution in [0.5, 0.6) is 0 Å². The van der Waals surface area contributed by atoms with Crippen molar-refractivity contribution in [3.05, 3.63) is 52.0 Å². The average molecular weight is 309 g/mol. The van der Waals surface area contributed by atoms with E-state index in [0.717, 1.165) is 5.56 Å². The van der Waals surface area contributed by atoms with Gasteiger partial charge in [-0.05, 0) is 31.0 Å². The van der Waals surface area contributed by atoms with Crippen molar-refractivity contribution in [3.8, 4) is 0 Å². The second kappa shape index (κ2) is 4.36. The SMILES string of the molecule is CC1=c2c(Cl)ncnc2=[N+]1S(=O)(=O)c1ccc(C)cc1. The fraction of sp³-hybridized carbons (Fsp3) is 0.154. The van der Waals surface area contributed by atoms with Crippen LogP contribution in [0.15, 0.2) is 35.5 Å². The van der Waals surface area contributed by atoms with Crippen LogP contribution in [-0.2, 0) is 10.0 Å². The van der Waals surface area contributed by atoms with E-state index in [-0.39, 0.29) is 10.0 Å². The summed E-state index contributed by atoms with van der Waals surface area (Å²) in [7, 11) is -3.65. The van der Waals surface area contributed by atoms with Gasteiger partial charge in [0.05, 0.1) is 0 Å². The van der Waals surface area contributed by atoms with Crippen molar-refractivity contribution in [2.45, 2.75) is 18.7 Å². The first kappa shape index (κ1) is 13.2. The lowest BCUT2D eigenvalue weighted by Crippen LogP contribution is -2.55. The molecule has 3 rings (SSSR count). The van der Waals surface area contributed by atoms with Crippen LogP contribution in [0.3, 0.4) is 0 Å². The smallest absolute Gasteiger partial charge is 0.199 e. The first-order chi connectivity index (χ1) is 9.43. The number of aryl methyl sites for hydroxylation is 1. The van der Waals surface area contributed by atoms with E-state index in [1.807, 2.05) is 6.92 Å². The fourth-order valence-corrected chi connectivity index (χ4v) is 3.91. The highest BCUT2D eigenvalue weighted by atomic mass is 35.5. The Hall–Kier alpha value is -1.79. The van der Waals surface area contributed by atoms with E-state index in [4.69, 9.17) is 11.6 Å². The number of hydrogen-bond acceptors (Lipinski definition) is 4. The molecule has 102 valence electrons. The van der Waals surface area contributed by atoms with Crippen LogP contribution < -0.4 is 14.7 Å². The van der Waals surface area contributed by atoms with Crippen LogP contribution in [0.4, 0.5) is 0 Å². The summed E-state index contributed by atoms with van der Waals surface area (Å²) in [5.41, 5.74) is 1.85. The minimum atomic E-state index is -3.65. The van der Waals surface area contributed by atoms with Gasteiger partial charge in [0.1, 0.15) is 10.6 Å². The Morgan fingerprint density at radius 1 is 1.10 bits per heavy atom. The molecule has 0 unspecified atom stereocenters. The second-order valence-corrected chi connectivity index (χ2v) is 6.68. The van der Waals surface area contributed by atoms with Gasteiger partial charge in [-0.1, -0.05) is 29.3 Å². The van der Waals surface area contributed by atoms with Crippen LogP contribution in [0.2, 0.25) is 5.15 Å². The Bertz CT molecular complexity index is 935. The minimum absolute atomic E-state index is 0.225. The summed E-state index contributed by atoms with van der Waals surface area (Å²) in [5.74, 6) is 0. The Balaban J connectivity index is 2.26.